The molecule has 2 rings (SSSR count). The molecule has 0 aliphatic heterocycles. The molecular weight excluding hydrogens is 288 g/mol. The highest BCUT2D eigenvalue weighted by Crippen LogP contribution is 2.19. The minimum Gasteiger partial charge on any atom is -0.445 e. The molecule has 0 bridgehead atoms. The van der Waals surface area contributed by atoms with E-state index in [0.29, 0.717) is 6.54 Å². The Hall–Kier alpha value is -2.75. The van der Waals surface area contributed by atoms with E-state index in [2.05, 4.69) is 5.32 Å². The Morgan fingerprint density at radius 2 is 1.83 bits per heavy atom. The van der Waals surface area contributed by atoms with Gasteiger partial charge < -0.3 is 15.8 Å². The minimum absolute atomic E-state index is 0.270. The lowest BCUT2D eigenvalue weighted by Gasteiger charge is -2.07. The van der Waals surface area contributed by atoms with Crippen molar-refractivity contribution in [1.82, 2.24) is 5.32 Å². The number of carbonyl (C=O) groups excluding carboxylic acids is 1. The Bertz CT molecular complexity index is 671. The van der Waals surface area contributed by atoms with Gasteiger partial charge >= 0.3 is 6.09 Å². The number of hydrogen-bond donors (Lipinski definition) is 2. The molecule has 0 aromatic heterocycles. The van der Waals surface area contributed by atoms with E-state index < -0.39 is 6.09 Å². The molecule has 3 N–H and O–H groups in total. The van der Waals surface area contributed by atoms with Crippen LogP contribution < -0.4 is 11.1 Å². The largest absolute Gasteiger partial charge is 0.445 e. The zero-order chi connectivity index (χ0) is 16.7. The van der Waals surface area contributed by atoms with Gasteiger partial charge in [0.05, 0.1) is 0 Å². The molecule has 0 radical (unpaired) electrons. The lowest BCUT2D eigenvalue weighted by molar-refractivity contribution is 0.141. The molecular formula is C19H22N2O2. The number of benzene rings is 2. The molecule has 23 heavy (non-hydrogen) atoms. The number of anilines is 1. The van der Waals surface area contributed by atoms with Crippen molar-refractivity contribution in [3.05, 3.63) is 70.8 Å². The maximum atomic E-state index is 11.6. The number of nitrogen functional groups attached to an aromatic ring is 1. The number of amides is 1. The summed E-state index contributed by atoms with van der Waals surface area (Å²) in [5.41, 5.74) is 10.9. The maximum absolute atomic E-state index is 11.6. The molecule has 0 unspecified atom stereocenters. The highest BCUT2D eigenvalue weighted by molar-refractivity contribution is 5.68. The number of carbonyl (C=O) groups is 1. The van der Waals surface area contributed by atoms with Gasteiger partial charge in [0.25, 0.3) is 0 Å². The molecule has 0 saturated carbocycles. The van der Waals surface area contributed by atoms with E-state index in [9.17, 15) is 4.79 Å². The first kappa shape index (κ1) is 16.6. The molecule has 0 fully saturated rings. The van der Waals surface area contributed by atoms with Crippen LogP contribution in [0.15, 0.2) is 48.5 Å². The molecule has 0 aliphatic rings. The van der Waals surface area contributed by atoms with Crippen molar-refractivity contribution >= 4 is 17.9 Å². The van der Waals surface area contributed by atoms with Crippen molar-refractivity contribution < 1.29 is 9.53 Å². The quantitative estimate of drug-likeness (QED) is 0.825. The van der Waals surface area contributed by atoms with Crippen LogP contribution in [0.5, 0.6) is 0 Å². The van der Waals surface area contributed by atoms with Crippen LogP contribution in [0.25, 0.3) is 6.08 Å². The average Bonchev–Trinajstić information content (AvgIpc) is 2.52. The molecule has 4 nitrogen and oxygen atoms in total. The van der Waals surface area contributed by atoms with E-state index in [-0.39, 0.29) is 6.61 Å². The summed E-state index contributed by atoms with van der Waals surface area (Å²) in [5, 5.41) is 2.70. The minimum atomic E-state index is -0.427. The van der Waals surface area contributed by atoms with Crippen LogP contribution in [-0.4, -0.2) is 12.6 Å². The summed E-state index contributed by atoms with van der Waals surface area (Å²) < 4.78 is 5.14. The van der Waals surface area contributed by atoms with E-state index in [1.54, 1.807) is 0 Å². The van der Waals surface area contributed by atoms with Crippen molar-refractivity contribution in [1.29, 1.82) is 0 Å². The van der Waals surface area contributed by atoms with Gasteiger partial charge in [-0.1, -0.05) is 42.5 Å². The van der Waals surface area contributed by atoms with Gasteiger partial charge in [0.15, 0.2) is 0 Å². The van der Waals surface area contributed by atoms with Crippen molar-refractivity contribution in [2.45, 2.75) is 20.5 Å². The van der Waals surface area contributed by atoms with Gasteiger partial charge in [0.1, 0.15) is 6.61 Å². The van der Waals surface area contributed by atoms with Crippen LogP contribution in [0.4, 0.5) is 10.5 Å². The van der Waals surface area contributed by atoms with E-state index in [1.165, 1.54) is 0 Å². The first-order chi connectivity index (χ1) is 11.1. The summed E-state index contributed by atoms with van der Waals surface area (Å²) in [7, 11) is 0. The van der Waals surface area contributed by atoms with Crippen LogP contribution >= 0.6 is 0 Å². The first-order valence-corrected chi connectivity index (χ1v) is 7.54. The van der Waals surface area contributed by atoms with E-state index >= 15 is 0 Å². The van der Waals surface area contributed by atoms with Crippen LogP contribution in [0.3, 0.4) is 0 Å². The smallest absolute Gasteiger partial charge is 0.407 e. The molecule has 2 aromatic carbocycles. The summed E-state index contributed by atoms with van der Waals surface area (Å²) >= 11 is 0. The fourth-order valence-corrected chi connectivity index (χ4v) is 2.36. The van der Waals surface area contributed by atoms with Gasteiger partial charge in [0, 0.05) is 12.2 Å². The Balaban J connectivity index is 1.79. The summed E-state index contributed by atoms with van der Waals surface area (Å²) in [6, 6.07) is 13.5. The number of nitrogens with one attached hydrogen (secondary N) is 1. The van der Waals surface area contributed by atoms with Gasteiger partial charge in [-0.3, -0.25) is 0 Å². The van der Waals surface area contributed by atoms with Gasteiger partial charge in [0.2, 0.25) is 0 Å². The molecule has 0 atom stereocenters. The third-order valence-electron chi connectivity index (χ3n) is 3.48. The predicted molar refractivity (Wildman–Crippen MR) is 94.0 cm³/mol. The molecule has 120 valence electrons. The van der Waals surface area contributed by atoms with Crippen molar-refractivity contribution in [2.24, 2.45) is 0 Å². The second-order valence-corrected chi connectivity index (χ2v) is 5.41. The number of hydrogen-bond acceptors (Lipinski definition) is 3. The van der Waals surface area contributed by atoms with Gasteiger partial charge in [-0.05, 0) is 48.2 Å². The fraction of sp³-hybridized carbons (Fsp3) is 0.211. The Morgan fingerprint density at radius 1 is 1.17 bits per heavy atom. The van der Waals surface area contributed by atoms with E-state index in [1.807, 2.05) is 68.5 Å². The van der Waals surface area contributed by atoms with Crippen molar-refractivity contribution in [2.75, 3.05) is 12.3 Å². The predicted octanol–water partition coefficient (Wildman–Crippen LogP) is 3.83. The number of rotatable bonds is 5. The van der Waals surface area contributed by atoms with Crippen LogP contribution in [0.2, 0.25) is 0 Å². The molecule has 0 saturated heterocycles. The SMILES string of the molecule is Cc1cc(N)cc(C)c1C=CCNC(=O)OCc1ccccc1. The summed E-state index contributed by atoms with van der Waals surface area (Å²) in [5.74, 6) is 0. The average molecular weight is 310 g/mol. The zero-order valence-electron chi connectivity index (χ0n) is 13.5. The number of ether oxygens (including phenoxy) is 1. The Morgan fingerprint density at radius 3 is 2.48 bits per heavy atom. The highest BCUT2D eigenvalue weighted by atomic mass is 16.5. The highest BCUT2D eigenvalue weighted by Gasteiger charge is 2.02. The van der Waals surface area contributed by atoms with Crippen molar-refractivity contribution in [3.63, 3.8) is 0 Å². The summed E-state index contributed by atoms with van der Waals surface area (Å²) in [4.78, 5) is 11.6. The molecule has 2 aromatic rings. The first-order valence-electron chi connectivity index (χ1n) is 7.54. The van der Waals surface area contributed by atoms with Crippen LogP contribution in [-0.2, 0) is 11.3 Å². The molecule has 0 spiro atoms. The lowest BCUT2D eigenvalue weighted by Crippen LogP contribution is -2.24. The zero-order valence-corrected chi connectivity index (χ0v) is 13.5. The number of aryl methyl sites for hydroxylation is 2. The maximum Gasteiger partial charge on any atom is 0.407 e. The summed E-state index contributed by atoms with van der Waals surface area (Å²) in [6.45, 7) is 4.72. The monoisotopic (exact) mass is 310 g/mol. The van der Waals surface area contributed by atoms with E-state index in [4.69, 9.17) is 10.5 Å². The number of nitrogens with two attached hydrogens (primary N) is 1. The van der Waals surface area contributed by atoms with Crippen LogP contribution in [0.1, 0.15) is 22.3 Å². The topological polar surface area (TPSA) is 64.3 Å². The Kier molecular flexibility index (Phi) is 5.80. The van der Waals surface area contributed by atoms with Gasteiger partial charge in [-0.25, -0.2) is 4.79 Å². The van der Waals surface area contributed by atoms with Gasteiger partial charge in [-0.2, -0.15) is 0 Å². The summed E-state index contributed by atoms with van der Waals surface area (Å²) in [6.07, 6.45) is 3.46. The van der Waals surface area contributed by atoms with Crippen molar-refractivity contribution in [3.8, 4) is 0 Å². The second kappa shape index (κ2) is 8.03. The second-order valence-electron chi connectivity index (χ2n) is 5.41. The standard InChI is InChI=1S/C19H22N2O2/c1-14-11-17(20)12-15(2)18(14)9-6-10-21-19(22)23-13-16-7-4-3-5-8-16/h3-9,11-12H,10,13,20H2,1-2H3,(H,21,22). The molecule has 0 aliphatic carbocycles. The third kappa shape index (κ3) is 5.18. The molecule has 4 heteroatoms. The fourth-order valence-electron chi connectivity index (χ4n) is 2.36. The van der Waals surface area contributed by atoms with Gasteiger partial charge in [-0.15, -0.1) is 0 Å². The normalized spacial score (nSPS) is 10.7. The third-order valence-corrected chi connectivity index (χ3v) is 3.48. The lowest BCUT2D eigenvalue weighted by atomic mass is 10.0. The number of alkyl carbamates (subject to hydrolysis) is 1. The van der Waals surface area contributed by atoms with E-state index in [0.717, 1.165) is 27.9 Å². The van der Waals surface area contributed by atoms with Crippen LogP contribution in [0, 0.1) is 13.8 Å². The molecule has 0 heterocycles. The molecule has 1 amide bonds. The Labute approximate surface area is 137 Å².